The maximum absolute atomic E-state index is 13.2. The minimum atomic E-state index is -0.144. The highest BCUT2D eigenvalue weighted by Crippen LogP contribution is 2.27. The van der Waals surface area contributed by atoms with Crippen LogP contribution in [0.15, 0.2) is 73.1 Å². The number of para-hydroxylation sites is 1. The van der Waals surface area contributed by atoms with Gasteiger partial charge in [0, 0.05) is 32.5 Å². The number of aromatic nitrogens is 2. The number of hydrazine groups is 1. The van der Waals surface area contributed by atoms with Crippen LogP contribution < -0.4 is 10.9 Å². The van der Waals surface area contributed by atoms with Crippen molar-refractivity contribution in [1.82, 2.24) is 25.5 Å². The molecule has 1 saturated heterocycles. The summed E-state index contributed by atoms with van der Waals surface area (Å²) in [6.45, 7) is 1.15. The van der Waals surface area contributed by atoms with Crippen LogP contribution in [0.25, 0.3) is 5.69 Å². The van der Waals surface area contributed by atoms with Gasteiger partial charge in [-0.2, -0.15) is 5.10 Å². The highest BCUT2D eigenvalue weighted by molar-refractivity contribution is 5.80. The van der Waals surface area contributed by atoms with Crippen molar-refractivity contribution in [2.75, 3.05) is 13.6 Å². The first-order valence-electron chi connectivity index (χ1n) is 9.10. The molecule has 2 unspecified atom stereocenters. The molecule has 0 spiro atoms. The molecule has 2 N–H and O–H groups in total. The van der Waals surface area contributed by atoms with Crippen LogP contribution in [-0.4, -0.2) is 34.2 Å². The van der Waals surface area contributed by atoms with Gasteiger partial charge in [0.15, 0.2) is 0 Å². The number of carbonyl (C=O) groups is 1. The Morgan fingerprint density at radius 2 is 1.93 bits per heavy atom. The Morgan fingerprint density at radius 1 is 1.15 bits per heavy atom. The maximum atomic E-state index is 13.2. The summed E-state index contributed by atoms with van der Waals surface area (Å²) < 4.78 is 1.83. The van der Waals surface area contributed by atoms with E-state index >= 15 is 0 Å². The lowest BCUT2D eigenvalue weighted by Crippen LogP contribution is -2.36. The van der Waals surface area contributed by atoms with Gasteiger partial charge in [0.05, 0.1) is 17.6 Å². The van der Waals surface area contributed by atoms with Crippen molar-refractivity contribution in [3.63, 3.8) is 0 Å². The third kappa shape index (κ3) is 3.63. The lowest BCUT2D eigenvalue weighted by molar-refractivity contribution is -0.134. The van der Waals surface area contributed by atoms with E-state index in [2.05, 4.69) is 28.1 Å². The van der Waals surface area contributed by atoms with E-state index in [9.17, 15) is 4.79 Å². The third-order valence-corrected chi connectivity index (χ3v) is 4.98. The molecule has 138 valence electrons. The van der Waals surface area contributed by atoms with Crippen LogP contribution >= 0.6 is 0 Å². The molecule has 1 fully saturated rings. The van der Waals surface area contributed by atoms with Crippen molar-refractivity contribution in [3.05, 3.63) is 84.2 Å². The second-order valence-electron chi connectivity index (χ2n) is 6.79. The summed E-state index contributed by atoms with van der Waals surface area (Å²) in [5, 5.41) is 4.32. The van der Waals surface area contributed by atoms with Crippen molar-refractivity contribution in [1.29, 1.82) is 0 Å². The Balaban J connectivity index is 1.52. The third-order valence-electron chi connectivity index (χ3n) is 4.98. The number of nitrogens with one attached hydrogen (secondary N) is 2. The predicted molar refractivity (Wildman–Crippen MR) is 104 cm³/mol. The van der Waals surface area contributed by atoms with E-state index in [1.807, 2.05) is 66.5 Å². The van der Waals surface area contributed by atoms with Gasteiger partial charge in [-0.3, -0.25) is 10.2 Å². The molecule has 0 radical (unpaired) electrons. The quantitative estimate of drug-likeness (QED) is 0.732. The Labute approximate surface area is 158 Å². The SMILES string of the molecule is CN(Cc1ccccc1-n1cccn1)C(=O)C1CNNC1c1ccccc1. The number of amides is 1. The predicted octanol–water partition coefficient (Wildman–Crippen LogP) is 2.30. The Bertz CT molecular complexity index is 894. The zero-order valence-corrected chi connectivity index (χ0v) is 15.2. The molecule has 0 saturated carbocycles. The average molecular weight is 361 g/mol. The fourth-order valence-corrected chi connectivity index (χ4v) is 3.60. The molecular formula is C21H23N5O. The number of hydrogen-bond donors (Lipinski definition) is 2. The van der Waals surface area contributed by atoms with Crippen LogP contribution in [0.3, 0.4) is 0 Å². The second kappa shape index (κ2) is 7.73. The molecule has 0 bridgehead atoms. The van der Waals surface area contributed by atoms with Crippen molar-refractivity contribution in [2.45, 2.75) is 12.6 Å². The second-order valence-corrected chi connectivity index (χ2v) is 6.79. The number of carbonyl (C=O) groups excluding carboxylic acids is 1. The van der Waals surface area contributed by atoms with Crippen molar-refractivity contribution in [3.8, 4) is 5.69 Å². The Morgan fingerprint density at radius 3 is 2.70 bits per heavy atom. The van der Waals surface area contributed by atoms with Gasteiger partial charge in [-0.15, -0.1) is 0 Å². The van der Waals surface area contributed by atoms with Crippen LogP contribution in [0.1, 0.15) is 17.2 Å². The summed E-state index contributed by atoms with van der Waals surface area (Å²) in [4.78, 5) is 15.0. The van der Waals surface area contributed by atoms with Crippen LogP contribution in [0.5, 0.6) is 0 Å². The van der Waals surface area contributed by atoms with E-state index < -0.39 is 0 Å². The zero-order chi connectivity index (χ0) is 18.6. The van der Waals surface area contributed by atoms with Crippen LogP contribution in [-0.2, 0) is 11.3 Å². The highest BCUT2D eigenvalue weighted by atomic mass is 16.2. The summed E-state index contributed by atoms with van der Waals surface area (Å²) in [6.07, 6.45) is 3.67. The topological polar surface area (TPSA) is 62.2 Å². The molecule has 1 aliphatic heterocycles. The molecule has 1 amide bonds. The molecule has 27 heavy (non-hydrogen) atoms. The summed E-state index contributed by atoms with van der Waals surface area (Å²) in [5.74, 6) is -0.0223. The first-order valence-corrected chi connectivity index (χ1v) is 9.10. The maximum Gasteiger partial charge on any atom is 0.229 e. The molecule has 3 aromatic rings. The monoisotopic (exact) mass is 361 g/mol. The highest BCUT2D eigenvalue weighted by Gasteiger charge is 2.35. The Kier molecular flexibility index (Phi) is 5.00. The van der Waals surface area contributed by atoms with E-state index in [1.165, 1.54) is 0 Å². The van der Waals surface area contributed by atoms with E-state index in [1.54, 1.807) is 11.1 Å². The molecular weight excluding hydrogens is 338 g/mol. The normalized spacial score (nSPS) is 19.1. The van der Waals surface area contributed by atoms with Crippen molar-refractivity contribution in [2.24, 2.45) is 5.92 Å². The molecule has 2 aromatic carbocycles. The lowest BCUT2D eigenvalue weighted by Gasteiger charge is -2.25. The van der Waals surface area contributed by atoms with E-state index in [0.29, 0.717) is 13.1 Å². The van der Waals surface area contributed by atoms with Gasteiger partial charge in [-0.1, -0.05) is 48.5 Å². The first kappa shape index (κ1) is 17.5. The van der Waals surface area contributed by atoms with Gasteiger partial charge in [0.1, 0.15) is 0 Å². The average Bonchev–Trinajstić information content (AvgIpc) is 3.40. The van der Waals surface area contributed by atoms with E-state index in [4.69, 9.17) is 0 Å². The number of rotatable bonds is 5. The van der Waals surface area contributed by atoms with Gasteiger partial charge < -0.3 is 4.90 Å². The summed E-state index contributed by atoms with van der Waals surface area (Å²) in [6, 6.07) is 20.0. The van der Waals surface area contributed by atoms with Crippen molar-refractivity contribution >= 4 is 5.91 Å². The molecule has 6 heteroatoms. The van der Waals surface area contributed by atoms with Crippen LogP contribution in [0, 0.1) is 5.92 Å². The fourth-order valence-electron chi connectivity index (χ4n) is 3.60. The minimum Gasteiger partial charge on any atom is -0.341 e. The Hall–Kier alpha value is -2.96. The first-order chi connectivity index (χ1) is 13.2. The molecule has 6 nitrogen and oxygen atoms in total. The van der Waals surface area contributed by atoms with Gasteiger partial charge >= 0.3 is 0 Å². The number of nitrogens with zero attached hydrogens (tertiary/aromatic N) is 3. The minimum absolute atomic E-state index is 0.0255. The van der Waals surface area contributed by atoms with Crippen molar-refractivity contribution < 1.29 is 4.79 Å². The van der Waals surface area contributed by atoms with Gasteiger partial charge in [-0.05, 0) is 23.3 Å². The van der Waals surface area contributed by atoms with Crippen LogP contribution in [0.2, 0.25) is 0 Å². The van der Waals surface area contributed by atoms with Gasteiger partial charge in [0.25, 0.3) is 0 Å². The standard InChI is InChI=1S/C21H23N5O/c1-25(15-17-10-5-6-11-19(17)26-13-7-12-23-26)21(27)18-14-22-24-20(18)16-8-3-2-4-9-16/h2-13,18,20,22,24H,14-15H2,1H3. The summed E-state index contributed by atoms with van der Waals surface area (Å²) in [7, 11) is 1.86. The molecule has 1 aliphatic rings. The smallest absolute Gasteiger partial charge is 0.229 e. The van der Waals surface area contributed by atoms with E-state index in [0.717, 1.165) is 16.8 Å². The van der Waals surface area contributed by atoms with Gasteiger partial charge in [0.2, 0.25) is 5.91 Å². The molecule has 0 aliphatic carbocycles. The molecule has 4 rings (SSSR count). The molecule has 2 atom stereocenters. The lowest BCUT2D eigenvalue weighted by atomic mass is 9.93. The number of hydrogen-bond acceptors (Lipinski definition) is 4. The van der Waals surface area contributed by atoms with Crippen LogP contribution in [0.4, 0.5) is 0 Å². The summed E-state index contributed by atoms with van der Waals surface area (Å²) >= 11 is 0. The largest absolute Gasteiger partial charge is 0.341 e. The molecule has 2 heterocycles. The van der Waals surface area contributed by atoms with E-state index in [-0.39, 0.29) is 17.9 Å². The van der Waals surface area contributed by atoms with Gasteiger partial charge in [-0.25, -0.2) is 10.1 Å². The molecule has 1 aromatic heterocycles. The fraction of sp³-hybridized carbons (Fsp3) is 0.238. The summed E-state index contributed by atoms with van der Waals surface area (Å²) in [5.41, 5.74) is 9.56. The number of benzene rings is 2. The zero-order valence-electron chi connectivity index (χ0n) is 15.2.